The second-order valence-corrected chi connectivity index (χ2v) is 4.45. The quantitative estimate of drug-likeness (QED) is 0.890. The van der Waals surface area contributed by atoms with E-state index < -0.39 is 11.5 Å². The fourth-order valence-electron chi connectivity index (χ4n) is 1.52. The molecule has 0 amide bonds. The third kappa shape index (κ3) is 2.55. The number of H-pyrrole nitrogens is 1. The molecule has 2 rings (SSSR count). The molecule has 6 heteroatoms. The van der Waals surface area contributed by atoms with Gasteiger partial charge in [0.15, 0.2) is 0 Å². The van der Waals surface area contributed by atoms with Gasteiger partial charge in [0.25, 0.3) is 5.56 Å². The smallest absolute Gasteiger partial charge is 0.341 e. The van der Waals surface area contributed by atoms with Crippen molar-refractivity contribution in [3.8, 4) is 11.3 Å². The highest BCUT2D eigenvalue weighted by Gasteiger charge is 2.10. The number of nitrogens with one attached hydrogen (secondary N) is 1. The van der Waals surface area contributed by atoms with Crippen molar-refractivity contribution in [2.75, 3.05) is 0 Å². The number of hydrogen-bond acceptors (Lipinski definition) is 2. The van der Waals surface area contributed by atoms with Crippen LogP contribution >= 0.6 is 23.2 Å². The summed E-state index contributed by atoms with van der Waals surface area (Å²) in [5, 5.41) is 9.62. The molecule has 18 heavy (non-hydrogen) atoms. The Morgan fingerprint density at radius 2 is 1.72 bits per heavy atom. The average Bonchev–Trinajstić information content (AvgIpc) is 2.26. The summed E-state index contributed by atoms with van der Waals surface area (Å²) in [4.78, 5) is 24.7. The Hall–Kier alpha value is -1.78. The fraction of sp³-hybridized carbons (Fsp3) is 0. The monoisotopic (exact) mass is 283 g/mol. The number of carboxylic acids is 1. The van der Waals surface area contributed by atoms with Crippen LogP contribution in [-0.4, -0.2) is 16.1 Å². The van der Waals surface area contributed by atoms with Gasteiger partial charge in [0.1, 0.15) is 5.56 Å². The van der Waals surface area contributed by atoms with Crippen LogP contribution in [-0.2, 0) is 0 Å². The molecule has 0 saturated heterocycles. The second kappa shape index (κ2) is 4.84. The highest BCUT2D eigenvalue weighted by atomic mass is 35.5. The number of aromatic nitrogens is 1. The maximum absolute atomic E-state index is 11.5. The minimum absolute atomic E-state index is 0.313. The van der Waals surface area contributed by atoms with Gasteiger partial charge in [-0.25, -0.2) is 4.79 Å². The summed E-state index contributed by atoms with van der Waals surface area (Å²) in [7, 11) is 0. The lowest BCUT2D eigenvalue weighted by Crippen LogP contribution is -2.17. The maximum Gasteiger partial charge on any atom is 0.341 e. The Labute approximate surface area is 112 Å². The Kier molecular flexibility index (Phi) is 3.41. The van der Waals surface area contributed by atoms with Crippen LogP contribution in [0.15, 0.2) is 35.1 Å². The maximum atomic E-state index is 11.5. The van der Waals surface area contributed by atoms with E-state index >= 15 is 0 Å². The van der Waals surface area contributed by atoms with Crippen LogP contribution in [0, 0.1) is 0 Å². The Balaban J connectivity index is 2.55. The van der Waals surface area contributed by atoms with Crippen LogP contribution in [0.2, 0.25) is 10.0 Å². The van der Waals surface area contributed by atoms with Crippen LogP contribution < -0.4 is 5.56 Å². The van der Waals surface area contributed by atoms with Gasteiger partial charge in [0, 0.05) is 21.3 Å². The average molecular weight is 284 g/mol. The molecule has 0 bridgehead atoms. The van der Waals surface area contributed by atoms with Gasteiger partial charge < -0.3 is 10.1 Å². The molecule has 0 unspecified atom stereocenters. The number of carbonyl (C=O) groups is 1. The lowest BCUT2D eigenvalue weighted by molar-refractivity contribution is 0.0695. The largest absolute Gasteiger partial charge is 0.477 e. The van der Waals surface area contributed by atoms with E-state index in [1.165, 1.54) is 12.1 Å². The molecular weight excluding hydrogens is 277 g/mol. The molecule has 0 saturated carbocycles. The van der Waals surface area contributed by atoms with Gasteiger partial charge in [0.2, 0.25) is 0 Å². The molecule has 1 aromatic carbocycles. The van der Waals surface area contributed by atoms with Gasteiger partial charge in [-0.3, -0.25) is 4.79 Å². The third-order valence-electron chi connectivity index (χ3n) is 2.31. The zero-order valence-corrected chi connectivity index (χ0v) is 10.4. The zero-order chi connectivity index (χ0) is 13.3. The van der Waals surface area contributed by atoms with Gasteiger partial charge in [-0.15, -0.1) is 0 Å². The van der Waals surface area contributed by atoms with Crippen LogP contribution in [0.3, 0.4) is 0 Å². The van der Waals surface area contributed by atoms with E-state index in [-0.39, 0.29) is 5.56 Å². The highest BCUT2D eigenvalue weighted by molar-refractivity contribution is 6.35. The molecule has 0 aliphatic carbocycles. The van der Waals surface area contributed by atoms with Crippen LogP contribution in [0.1, 0.15) is 10.4 Å². The van der Waals surface area contributed by atoms with E-state index in [4.69, 9.17) is 28.3 Å². The first kappa shape index (κ1) is 12.7. The molecular formula is C12H7Cl2NO3. The van der Waals surface area contributed by atoms with Crippen LogP contribution in [0.5, 0.6) is 0 Å². The van der Waals surface area contributed by atoms with Crippen molar-refractivity contribution >= 4 is 29.2 Å². The molecule has 0 atom stereocenters. The number of benzene rings is 1. The van der Waals surface area contributed by atoms with Crippen molar-refractivity contribution in [1.29, 1.82) is 0 Å². The van der Waals surface area contributed by atoms with Crippen molar-refractivity contribution in [2.24, 2.45) is 0 Å². The Bertz CT molecular complexity index is 659. The molecule has 1 aromatic heterocycles. The molecule has 0 aliphatic heterocycles. The summed E-state index contributed by atoms with van der Waals surface area (Å²) in [5.74, 6) is -1.27. The summed E-state index contributed by atoms with van der Waals surface area (Å²) in [6.45, 7) is 0. The molecule has 0 radical (unpaired) electrons. The summed E-state index contributed by atoms with van der Waals surface area (Å²) in [6.07, 6.45) is 0. The fourth-order valence-corrected chi connectivity index (χ4v) is 2.05. The Morgan fingerprint density at radius 3 is 2.22 bits per heavy atom. The first-order valence-electron chi connectivity index (χ1n) is 4.90. The van der Waals surface area contributed by atoms with E-state index in [1.54, 1.807) is 18.2 Å². The first-order chi connectivity index (χ1) is 8.47. The number of aromatic carboxylic acids is 1. The molecule has 0 fully saturated rings. The highest BCUT2D eigenvalue weighted by Crippen LogP contribution is 2.25. The number of aromatic amines is 1. The Morgan fingerprint density at radius 1 is 1.11 bits per heavy atom. The SMILES string of the molecule is O=C(O)c1ccc(-c2cc(Cl)cc(Cl)c2)[nH]c1=O. The number of rotatable bonds is 2. The zero-order valence-electron chi connectivity index (χ0n) is 8.91. The van der Waals surface area contributed by atoms with Crippen molar-refractivity contribution in [1.82, 2.24) is 4.98 Å². The predicted octanol–water partition coefficient (Wildman–Crippen LogP) is 3.05. The topological polar surface area (TPSA) is 70.2 Å². The summed E-state index contributed by atoms with van der Waals surface area (Å²) in [6, 6.07) is 7.55. The molecule has 2 aromatic rings. The number of halogens is 2. The van der Waals surface area contributed by atoms with Crippen LogP contribution in [0.4, 0.5) is 0 Å². The summed E-state index contributed by atoms with van der Waals surface area (Å²) >= 11 is 11.7. The lowest BCUT2D eigenvalue weighted by Gasteiger charge is -2.04. The van der Waals surface area contributed by atoms with Crippen LogP contribution in [0.25, 0.3) is 11.3 Å². The number of carboxylic acid groups (broad SMARTS) is 1. The standard InChI is InChI=1S/C12H7Cl2NO3/c13-7-3-6(4-8(14)5-7)10-2-1-9(12(17)18)11(16)15-10/h1-5H,(H,15,16)(H,17,18). The summed E-state index contributed by atoms with van der Waals surface area (Å²) in [5.41, 5.74) is 0.0823. The number of pyridine rings is 1. The minimum Gasteiger partial charge on any atom is -0.477 e. The van der Waals surface area contributed by atoms with Crippen molar-refractivity contribution in [3.05, 3.63) is 56.3 Å². The molecule has 0 aliphatic rings. The van der Waals surface area contributed by atoms with Gasteiger partial charge in [-0.2, -0.15) is 0 Å². The molecule has 92 valence electrons. The van der Waals surface area contributed by atoms with Gasteiger partial charge >= 0.3 is 5.97 Å². The van der Waals surface area contributed by atoms with E-state index in [9.17, 15) is 9.59 Å². The van der Waals surface area contributed by atoms with Crippen molar-refractivity contribution in [2.45, 2.75) is 0 Å². The van der Waals surface area contributed by atoms with Crippen molar-refractivity contribution in [3.63, 3.8) is 0 Å². The van der Waals surface area contributed by atoms with E-state index in [2.05, 4.69) is 4.98 Å². The molecule has 4 nitrogen and oxygen atoms in total. The van der Waals surface area contributed by atoms with Crippen molar-refractivity contribution < 1.29 is 9.90 Å². The summed E-state index contributed by atoms with van der Waals surface area (Å²) < 4.78 is 0. The normalized spacial score (nSPS) is 10.3. The van der Waals surface area contributed by atoms with E-state index in [0.717, 1.165) is 0 Å². The lowest BCUT2D eigenvalue weighted by atomic mass is 10.1. The van der Waals surface area contributed by atoms with E-state index in [0.29, 0.717) is 21.3 Å². The molecule has 1 heterocycles. The third-order valence-corrected chi connectivity index (χ3v) is 2.75. The predicted molar refractivity (Wildman–Crippen MR) is 69.5 cm³/mol. The van der Waals surface area contributed by atoms with Gasteiger partial charge in [-0.05, 0) is 30.3 Å². The van der Waals surface area contributed by atoms with Gasteiger partial charge in [0.05, 0.1) is 0 Å². The first-order valence-corrected chi connectivity index (χ1v) is 5.66. The number of hydrogen-bond donors (Lipinski definition) is 2. The minimum atomic E-state index is -1.27. The van der Waals surface area contributed by atoms with E-state index in [1.807, 2.05) is 0 Å². The van der Waals surface area contributed by atoms with Gasteiger partial charge in [-0.1, -0.05) is 23.2 Å². The molecule has 0 spiro atoms. The molecule has 2 N–H and O–H groups in total. The second-order valence-electron chi connectivity index (χ2n) is 3.58.